The molecule has 9 nitrogen and oxygen atoms in total. The molecule has 1 aliphatic rings. The third-order valence-corrected chi connectivity index (χ3v) is 6.88. The SMILES string of the molecule is CC(=O)N(CCc1noc(C(C)C)n1)C1CCCN(S(=O)(=O)c2cccnc2)C1. The van der Waals surface area contributed by atoms with Gasteiger partial charge in [-0.15, -0.1) is 0 Å². The van der Waals surface area contributed by atoms with Crippen LogP contribution in [0.3, 0.4) is 0 Å². The van der Waals surface area contributed by atoms with Gasteiger partial charge in [-0.05, 0) is 25.0 Å². The number of piperidine rings is 1. The molecule has 1 aliphatic heterocycles. The van der Waals surface area contributed by atoms with E-state index in [0.29, 0.717) is 37.6 Å². The number of nitrogens with zero attached hydrogens (tertiary/aromatic N) is 5. The molecular formula is C19H27N5O4S. The first-order valence-corrected chi connectivity index (χ1v) is 11.2. The van der Waals surface area contributed by atoms with E-state index in [1.807, 2.05) is 13.8 Å². The van der Waals surface area contributed by atoms with Gasteiger partial charge in [0.2, 0.25) is 21.8 Å². The number of pyridine rings is 1. The van der Waals surface area contributed by atoms with E-state index in [0.717, 1.165) is 6.42 Å². The van der Waals surface area contributed by atoms with Gasteiger partial charge in [0.1, 0.15) is 4.90 Å². The van der Waals surface area contributed by atoms with Crippen molar-refractivity contribution in [1.82, 2.24) is 24.3 Å². The normalized spacial score (nSPS) is 18.1. The molecule has 1 fully saturated rings. The average Bonchev–Trinajstić information content (AvgIpc) is 3.18. The van der Waals surface area contributed by atoms with Crippen molar-refractivity contribution in [1.29, 1.82) is 0 Å². The summed E-state index contributed by atoms with van der Waals surface area (Å²) in [5.74, 6) is 1.17. The second-order valence-corrected chi connectivity index (χ2v) is 9.45. The van der Waals surface area contributed by atoms with E-state index in [1.54, 1.807) is 11.0 Å². The molecule has 29 heavy (non-hydrogen) atoms. The van der Waals surface area contributed by atoms with Crippen molar-refractivity contribution in [2.24, 2.45) is 0 Å². The van der Waals surface area contributed by atoms with E-state index in [2.05, 4.69) is 15.1 Å². The molecular weight excluding hydrogens is 394 g/mol. The first-order valence-electron chi connectivity index (χ1n) is 9.79. The molecule has 1 saturated heterocycles. The molecule has 10 heteroatoms. The number of carbonyl (C=O) groups excluding carboxylic acids is 1. The minimum atomic E-state index is -3.63. The molecule has 3 rings (SSSR count). The van der Waals surface area contributed by atoms with E-state index in [9.17, 15) is 13.2 Å². The second-order valence-electron chi connectivity index (χ2n) is 7.51. The van der Waals surface area contributed by atoms with Crippen molar-refractivity contribution >= 4 is 15.9 Å². The van der Waals surface area contributed by atoms with Crippen LogP contribution in [0.25, 0.3) is 0 Å². The summed E-state index contributed by atoms with van der Waals surface area (Å²) in [4.78, 5) is 22.4. The molecule has 2 aromatic heterocycles. The van der Waals surface area contributed by atoms with Crippen molar-refractivity contribution in [3.63, 3.8) is 0 Å². The molecule has 1 amide bonds. The van der Waals surface area contributed by atoms with Crippen LogP contribution in [0.4, 0.5) is 0 Å². The number of sulfonamides is 1. The van der Waals surface area contributed by atoms with Crippen LogP contribution in [0.2, 0.25) is 0 Å². The van der Waals surface area contributed by atoms with E-state index < -0.39 is 10.0 Å². The topological polar surface area (TPSA) is 110 Å². The first-order chi connectivity index (χ1) is 13.8. The first kappa shape index (κ1) is 21.4. The number of rotatable bonds is 7. The van der Waals surface area contributed by atoms with Gasteiger partial charge in [0, 0.05) is 57.3 Å². The predicted octanol–water partition coefficient (Wildman–Crippen LogP) is 1.83. The molecule has 0 N–H and O–H groups in total. The smallest absolute Gasteiger partial charge is 0.244 e. The van der Waals surface area contributed by atoms with Crippen LogP contribution in [-0.2, 0) is 21.2 Å². The molecule has 0 bridgehead atoms. The molecule has 3 heterocycles. The lowest BCUT2D eigenvalue weighted by Crippen LogP contribution is -2.51. The minimum Gasteiger partial charge on any atom is -0.339 e. The van der Waals surface area contributed by atoms with Crippen LogP contribution in [0, 0.1) is 0 Å². The fraction of sp³-hybridized carbons (Fsp3) is 0.579. The Kier molecular flexibility index (Phi) is 6.63. The van der Waals surface area contributed by atoms with Gasteiger partial charge in [0.25, 0.3) is 0 Å². The van der Waals surface area contributed by atoms with Crippen LogP contribution in [-0.4, -0.2) is 64.3 Å². The minimum absolute atomic E-state index is 0.0943. The highest BCUT2D eigenvalue weighted by Crippen LogP contribution is 2.23. The maximum absolute atomic E-state index is 12.9. The molecule has 2 aromatic rings. The van der Waals surface area contributed by atoms with Gasteiger partial charge in [0.15, 0.2) is 5.82 Å². The second kappa shape index (κ2) is 9.00. The van der Waals surface area contributed by atoms with Gasteiger partial charge in [-0.1, -0.05) is 19.0 Å². The van der Waals surface area contributed by atoms with E-state index in [1.165, 1.54) is 29.7 Å². The van der Waals surface area contributed by atoms with Crippen molar-refractivity contribution in [2.45, 2.75) is 56.9 Å². The molecule has 0 aliphatic carbocycles. The van der Waals surface area contributed by atoms with Gasteiger partial charge in [0.05, 0.1) is 0 Å². The highest BCUT2D eigenvalue weighted by molar-refractivity contribution is 7.89. The maximum Gasteiger partial charge on any atom is 0.244 e. The van der Waals surface area contributed by atoms with E-state index >= 15 is 0 Å². The Morgan fingerprint density at radius 3 is 2.83 bits per heavy atom. The summed E-state index contributed by atoms with van der Waals surface area (Å²) in [6, 6.07) is 2.95. The van der Waals surface area contributed by atoms with Crippen LogP contribution in [0.1, 0.15) is 51.2 Å². The predicted molar refractivity (Wildman–Crippen MR) is 105 cm³/mol. The number of hydrogen-bond donors (Lipinski definition) is 0. The van der Waals surface area contributed by atoms with E-state index in [-0.39, 0.29) is 29.3 Å². The Morgan fingerprint density at radius 2 is 2.21 bits per heavy atom. The van der Waals surface area contributed by atoms with E-state index in [4.69, 9.17) is 4.52 Å². The Morgan fingerprint density at radius 1 is 1.41 bits per heavy atom. The summed E-state index contributed by atoms with van der Waals surface area (Å²) >= 11 is 0. The van der Waals surface area contributed by atoms with Crippen LogP contribution < -0.4 is 0 Å². The third kappa shape index (κ3) is 4.99. The van der Waals surface area contributed by atoms with Crippen molar-refractivity contribution in [3.05, 3.63) is 36.2 Å². The fourth-order valence-electron chi connectivity index (χ4n) is 3.46. The van der Waals surface area contributed by atoms with Crippen molar-refractivity contribution in [3.8, 4) is 0 Å². The van der Waals surface area contributed by atoms with Gasteiger partial charge >= 0.3 is 0 Å². The van der Waals surface area contributed by atoms with Crippen molar-refractivity contribution < 1.29 is 17.7 Å². The number of hydrogen-bond acceptors (Lipinski definition) is 7. The lowest BCUT2D eigenvalue weighted by atomic mass is 10.1. The highest BCUT2D eigenvalue weighted by atomic mass is 32.2. The summed E-state index contributed by atoms with van der Waals surface area (Å²) in [6.07, 6.45) is 4.79. The molecule has 0 spiro atoms. The Balaban J connectivity index is 1.69. The number of carbonyl (C=O) groups is 1. The third-order valence-electron chi connectivity index (χ3n) is 5.03. The molecule has 1 atom stereocenters. The van der Waals surface area contributed by atoms with Crippen LogP contribution in [0.5, 0.6) is 0 Å². The van der Waals surface area contributed by atoms with Crippen molar-refractivity contribution in [2.75, 3.05) is 19.6 Å². The summed E-state index contributed by atoms with van der Waals surface area (Å²) in [6.45, 7) is 6.56. The maximum atomic E-state index is 12.9. The number of amides is 1. The van der Waals surface area contributed by atoms with Gasteiger partial charge in [-0.3, -0.25) is 9.78 Å². The Bertz CT molecular complexity index is 929. The number of aromatic nitrogens is 3. The van der Waals surface area contributed by atoms with Gasteiger partial charge in [-0.25, -0.2) is 8.42 Å². The molecule has 0 saturated carbocycles. The summed E-state index contributed by atoms with van der Waals surface area (Å²) in [5.41, 5.74) is 0. The summed E-state index contributed by atoms with van der Waals surface area (Å²) in [7, 11) is -3.63. The Labute approximate surface area is 171 Å². The van der Waals surface area contributed by atoms with Crippen LogP contribution >= 0.6 is 0 Å². The highest BCUT2D eigenvalue weighted by Gasteiger charge is 2.33. The van der Waals surface area contributed by atoms with Gasteiger partial charge < -0.3 is 9.42 Å². The molecule has 1 unspecified atom stereocenters. The zero-order valence-corrected chi connectivity index (χ0v) is 17.8. The quantitative estimate of drug-likeness (QED) is 0.671. The zero-order valence-electron chi connectivity index (χ0n) is 17.0. The fourth-order valence-corrected chi connectivity index (χ4v) is 4.94. The zero-order chi connectivity index (χ0) is 21.0. The standard InChI is InChI=1S/C19H27N5O4S/c1-14(2)19-21-18(22-28-19)8-11-24(15(3)25)16-6-5-10-23(13-16)29(26,27)17-7-4-9-20-12-17/h4,7,9,12,14,16H,5-6,8,10-11,13H2,1-3H3. The lowest BCUT2D eigenvalue weighted by molar-refractivity contribution is -0.131. The van der Waals surface area contributed by atoms with Gasteiger partial charge in [-0.2, -0.15) is 9.29 Å². The molecule has 158 valence electrons. The molecule has 0 radical (unpaired) electrons. The summed E-state index contributed by atoms with van der Waals surface area (Å²) in [5, 5.41) is 3.97. The Hall–Kier alpha value is -2.33. The molecule has 0 aromatic carbocycles. The monoisotopic (exact) mass is 421 g/mol. The van der Waals surface area contributed by atoms with Crippen LogP contribution in [0.15, 0.2) is 33.9 Å². The largest absolute Gasteiger partial charge is 0.339 e. The summed E-state index contributed by atoms with van der Waals surface area (Å²) < 4.78 is 32.5. The average molecular weight is 422 g/mol. The lowest BCUT2D eigenvalue weighted by Gasteiger charge is -2.38.